The predicted octanol–water partition coefficient (Wildman–Crippen LogP) is 6.47. The molecule has 6 rings (SSSR count). The van der Waals surface area contributed by atoms with Gasteiger partial charge in [0.1, 0.15) is 22.9 Å². The quantitative estimate of drug-likeness (QED) is 0.191. The van der Waals surface area contributed by atoms with Crippen LogP contribution in [0.3, 0.4) is 0 Å². The molecular weight excluding hydrogens is 604 g/mol. The summed E-state index contributed by atoms with van der Waals surface area (Å²) < 4.78 is 11.3. The zero-order valence-electron chi connectivity index (χ0n) is 28.3. The molecule has 0 unspecified atom stereocenters. The van der Waals surface area contributed by atoms with Crippen LogP contribution < -0.4 is 20.1 Å². The highest BCUT2D eigenvalue weighted by atomic mass is 16.5. The minimum Gasteiger partial charge on any atom is -0.496 e. The summed E-state index contributed by atoms with van der Waals surface area (Å²) in [5.74, 6) is 0.698. The highest BCUT2D eigenvalue weighted by Crippen LogP contribution is 2.34. The Hall–Kier alpha value is -4.80. The summed E-state index contributed by atoms with van der Waals surface area (Å²) in [6.07, 6.45) is 8.29. The lowest BCUT2D eigenvalue weighted by atomic mass is 9.94. The van der Waals surface area contributed by atoms with E-state index in [0.717, 1.165) is 72.6 Å². The van der Waals surface area contributed by atoms with Crippen molar-refractivity contribution in [2.24, 2.45) is 0 Å². The van der Waals surface area contributed by atoms with Crippen molar-refractivity contribution in [1.82, 2.24) is 19.8 Å². The Morgan fingerprint density at radius 2 is 1.06 bits per heavy atom. The van der Waals surface area contributed by atoms with Crippen LogP contribution in [-0.4, -0.2) is 72.0 Å². The fourth-order valence-electron chi connectivity index (χ4n) is 6.66. The Kier molecular flexibility index (Phi) is 10.3. The van der Waals surface area contributed by atoms with E-state index in [0.29, 0.717) is 22.9 Å². The van der Waals surface area contributed by atoms with E-state index in [1.54, 1.807) is 38.7 Å². The lowest BCUT2D eigenvalue weighted by Gasteiger charge is -2.18. The van der Waals surface area contributed by atoms with Crippen molar-refractivity contribution in [3.63, 3.8) is 0 Å². The highest BCUT2D eigenvalue weighted by molar-refractivity contribution is 6.05. The standard InChI is InChI=1S/C38H44N6O4/c1-25-29(11-9-13-31(25)41-37(45)33-19-35(47-3)27(21-39-33)23-43-15-5-6-16-43)30-12-10-14-32(26(30)2)42-38(46)34-20-36(48-4)28(22-40-34)24-44-17-7-8-18-44/h9-14,19-22H,5-8,15-18,23-24H2,1-4H3,(H,41,45)(H,42,46). The van der Waals surface area contributed by atoms with Crippen molar-refractivity contribution < 1.29 is 19.1 Å². The Labute approximate surface area is 282 Å². The summed E-state index contributed by atoms with van der Waals surface area (Å²) in [5, 5.41) is 6.09. The Morgan fingerprint density at radius 3 is 1.44 bits per heavy atom. The van der Waals surface area contributed by atoms with Crippen molar-refractivity contribution in [3.05, 3.63) is 94.6 Å². The SMILES string of the molecule is COc1cc(C(=O)Nc2cccc(-c3cccc(NC(=O)c4cc(OC)c(CN5CCCC5)cn4)c3C)c2C)ncc1CN1CCCC1. The van der Waals surface area contributed by atoms with Gasteiger partial charge in [-0.15, -0.1) is 0 Å². The maximum absolute atomic E-state index is 13.4. The molecular formula is C38H44N6O4. The first-order valence-corrected chi connectivity index (χ1v) is 16.7. The highest BCUT2D eigenvalue weighted by Gasteiger charge is 2.20. The van der Waals surface area contributed by atoms with Crippen LogP contribution in [0.5, 0.6) is 11.5 Å². The Morgan fingerprint density at radius 1 is 0.667 bits per heavy atom. The minimum atomic E-state index is -0.312. The van der Waals surface area contributed by atoms with E-state index >= 15 is 0 Å². The van der Waals surface area contributed by atoms with Crippen LogP contribution in [-0.2, 0) is 13.1 Å². The van der Waals surface area contributed by atoms with E-state index in [-0.39, 0.29) is 23.2 Å². The van der Waals surface area contributed by atoms with Gasteiger partial charge in [0.25, 0.3) is 11.8 Å². The zero-order valence-corrected chi connectivity index (χ0v) is 28.3. The number of pyridine rings is 2. The summed E-state index contributed by atoms with van der Waals surface area (Å²) in [6, 6.07) is 15.0. The molecule has 4 aromatic rings. The van der Waals surface area contributed by atoms with Crippen LogP contribution in [0.4, 0.5) is 11.4 Å². The first-order chi connectivity index (χ1) is 23.3. The third-order valence-corrected chi connectivity index (χ3v) is 9.43. The zero-order chi connectivity index (χ0) is 33.6. The molecule has 10 heteroatoms. The average molecular weight is 649 g/mol. The van der Waals surface area contributed by atoms with Crippen LogP contribution in [0.1, 0.15) is 68.9 Å². The van der Waals surface area contributed by atoms with E-state index in [9.17, 15) is 9.59 Å². The summed E-state index contributed by atoms with van der Waals surface area (Å²) >= 11 is 0. The number of anilines is 2. The van der Waals surface area contributed by atoms with E-state index in [2.05, 4.69) is 30.4 Å². The van der Waals surface area contributed by atoms with E-state index in [1.165, 1.54) is 25.7 Å². The first kappa shape index (κ1) is 33.1. The second kappa shape index (κ2) is 15.0. The van der Waals surface area contributed by atoms with Gasteiger partial charge in [-0.3, -0.25) is 29.4 Å². The molecule has 2 aliphatic heterocycles. The van der Waals surface area contributed by atoms with Crippen LogP contribution in [0.25, 0.3) is 11.1 Å². The lowest BCUT2D eigenvalue weighted by molar-refractivity contribution is 0.101. The summed E-state index contributed by atoms with van der Waals surface area (Å²) in [5.41, 5.74) is 7.57. The number of ether oxygens (including phenoxy) is 2. The van der Waals surface area contributed by atoms with Gasteiger partial charge in [-0.1, -0.05) is 24.3 Å². The van der Waals surface area contributed by atoms with Crippen molar-refractivity contribution in [2.75, 3.05) is 51.0 Å². The number of rotatable bonds is 11. The van der Waals surface area contributed by atoms with Gasteiger partial charge >= 0.3 is 0 Å². The number of amides is 2. The molecule has 2 fully saturated rings. The number of carbonyl (C=O) groups is 2. The van der Waals surface area contributed by atoms with Crippen molar-refractivity contribution >= 4 is 23.2 Å². The lowest BCUT2D eigenvalue weighted by Crippen LogP contribution is -2.20. The number of likely N-dealkylation sites (tertiary alicyclic amines) is 2. The Bertz CT molecular complexity index is 1670. The largest absolute Gasteiger partial charge is 0.496 e. The molecule has 2 aliphatic rings. The maximum Gasteiger partial charge on any atom is 0.274 e. The smallest absolute Gasteiger partial charge is 0.274 e. The Balaban J connectivity index is 1.17. The topological polar surface area (TPSA) is 109 Å². The predicted molar refractivity (Wildman–Crippen MR) is 188 cm³/mol. The normalized spacial score (nSPS) is 15.0. The molecule has 2 amide bonds. The van der Waals surface area contributed by atoms with E-state index < -0.39 is 0 Å². The van der Waals surface area contributed by atoms with Crippen LogP contribution in [0.2, 0.25) is 0 Å². The molecule has 0 atom stereocenters. The maximum atomic E-state index is 13.4. The third kappa shape index (κ3) is 7.35. The number of carbonyl (C=O) groups excluding carboxylic acids is 2. The fourth-order valence-corrected chi connectivity index (χ4v) is 6.66. The van der Waals surface area contributed by atoms with Crippen molar-refractivity contribution in [1.29, 1.82) is 0 Å². The molecule has 0 aliphatic carbocycles. The second-order valence-electron chi connectivity index (χ2n) is 12.6. The number of hydrogen-bond acceptors (Lipinski definition) is 8. The molecule has 4 heterocycles. The van der Waals surface area contributed by atoms with Gasteiger partial charge in [0.2, 0.25) is 0 Å². The minimum absolute atomic E-state index is 0.289. The summed E-state index contributed by atoms with van der Waals surface area (Å²) in [7, 11) is 3.24. The van der Waals surface area contributed by atoms with Crippen molar-refractivity contribution in [2.45, 2.75) is 52.6 Å². The number of aromatic nitrogens is 2. The molecule has 2 aromatic heterocycles. The van der Waals surface area contributed by atoms with E-state index in [4.69, 9.17) is 9.47 Å². The average Bonchev–Trinajstić information content (AvgIpc) is 3.82. The molecule has 0 bridgehead atoms. The summed E-state index contributed by atoms with van der Waals surface area (Å²) in [6.45, 7) is 9.72. The van der Waals surface area contributed by atoms with Gasteiger partial charge in [0, 0.05) is 60.1 Å². The number of nitrogens with one attached hydrogen (secondary N) is 2. The number of hydrogen-bond donors (Lipinski definition) is 2. The molecule has 2 N–H and O–H groups in total. The first-order valence-electron chi connectivity index (χ1n) is 16.7. The van der Waals surface area contributed by atoms with Gasteiger partial charge < -0.3 is 20.1 Å². The molecule has 0 radical (unpaired) electrons. The molecule has 2 saturated heterocycles. The fraction of sp³-hybridized carbons (Fsp3) is 0.368. The van der Waals surface area contributed by atoms with Gasteiger partial charge in [0.05, 0.1) is 14.2 Å². The van der Waals surface area contributed by atoms with E-state index in [1.807, 2.05) is 50.2 Å². The van der Waals surface area contributed by atoms with Gasteiger partial charge in [-0.05, 0) is 100 Å². The molecule has 0 spiro atoms. The van der Waals surface area contributed by atoms with Gasteiger partial charge in [0.15, 0.2) is 0 Å². The van der Waals surface area contributed by atoms with Gasteiger partial charge in [-0.25, -0.2) is 0 Å². The number of benzene rings is 2. The number of nitrogens with zero attached hydrogens (tertiary/aromatic N) is 4. The monoisotopic (exact) mass is 648 g/mol. The molecule has 0 saturated carbocycles. The van der Waals surface area contributed by atoms with Gasteiger partial charge in [-0.2, -0.15) is 0 Å². The van der Waals surface area contributed by atoms with Crippen LogP contribution in [0.15, 0.2) is 60.9 Å². The molecule has 2 aromatic carbocycles. The summed E-state index contributed by atoms with van der Waals surface area (Å²) in [4.78, 5) is 40.4. The molecule has 10 nitrogen and oxygen atoms in total. The number of methoxy groups -OCH3 is 2. The van der Waals surface area contributed by atoms with Crippen molar-refractivity contribution in [3.8, 4) is 22.6 Å². The van der Waals surface area contributed by atoms with Crippen LogP contribution >= 0.6 is 0 Å². The molecule has 250 valence electrons. The van der Waals surface area contributed by atoms with Crippen LogP contribution in [0, 0.1) is 13.8 Å². The third-order valence-electron chi connectivity index (χ3n) is 9.43. The second-order valence-corrected chi connectivity index (χ2v) is 12.6. The molecule has 48 heavy (non-hydrogen) atoms.